The number of aryl methyl sites for hydroxylation is 1. The Bertz CT molecular complexity index is 977. The van der Waals surface area contributed by atoms with Crippen molar-refractivity contribution >= 4 is 6.21 Å². The molecule has 39 heavy (non-hydrogen) atoms. The second-order valence-electron chi connectivity index (χ2n) is 10.6. The predicted octanol–water partition coefficient (Wildman–Crippen LogP) is 3.87. The first-order valence-electron chi connectivity index (χ1n) is 14.4. The summed E-state index contributed by atoms with van der Waals surface area (Å²) in [7, 11) is 0. The highest BCUT2D eigenvalue weighted by atomic mass is 16.5. The van der Waals surface area contributed by atoms with Gasteiger partial charge in [-0.1, -0.05) is 45.3 Å². The van der Waals surface area contributed by atoms with Gasteiger partial charge in [-0.3, -0.25) is 5.32 Å². The van der Waals surface area contributed by atoms with Crippen molar-refractivity contribution in [2.75, 3.05) is 32.8 Å². The van der Waals surface area contributed by atoms with Crippen molar-refractivity contribution in [3.05, 3.63) is 59.2 Å². The number of phenols is 1. The van der Waals surface area contributed by atoms with Crippen LogP contribution in [0.2, 0.25) is 0 Å². The summed E-state index contributed by atoms with van der Waals surface area (Å²) in [5.74, 6) is 0.818. The highest BCUT2D eigenvalue weighted by Crippen LogP contribution is 2.33. The van der Waals surface area contributed by atoms with E-state index in [1.807, 2.05) is 31.3 Å². The summed E-state index contributed by atoms with van der Waals surface area (Å²) in [6.07, 6.45) is 11.1. The molecule has 216 valence electrons. The van der Waals surface area contributed by atoms with E-state index in [1.54, 1.807) is 13.0 Å². The number of nitrogens with zero attached hydrogens (tertiary/aromatic N) is 1. The van der Waals surface area contributed by atoms with Gasteiger partial charge in [0, 0.05) is 25.8 Å². The molecule has 0 bridgehead atoms. The number of ether oxygens (including phenoxy) is 2. The number of phenolic OH excluding ortho intramolecular Hbond substituents is 1. The number of hydrogen-bond acceptors (Lipinski definition) is 8. The van der Waals surface area contributed by atoms with Crippen LogP contribution in [0.15, 0.2) is 46.5 Å². The summed E-state index contributed by atoms with van der Waals surface area (Å²) in [6, 6.07) is 6.26. The lowest BCUT2D eigenvalue weighted by Crippen LogP contribution is -2.38. The average Bonchev–Trinajstić information content (AvgIpc) is 3.57. The van der Waals surface area contributed by atoms with Crippen molar-refractivity contribution in [3.63, 3.8) is 0 Å². The Morgan fingerprint density at radius 2 is 2.05 bits per heavy atom. The SMILES string of the molecule is CCCCC1O[C-](CCc2ccc(O)c(OCC(NCC)[C+]3C=C(C(C)CNCC(C)O)C=N3)c2)C=C1CO. The number of nitrogens with one attached hydrogen (secondary N) is 2. The normalized spacial score (nSPS) is 19.3. The van der Waals surface area contributed by atoms with E-state index in [9.17, 15) is 15.3 Å². The topological polar surface area (TPSA) is 116 Å². The van der Waals surface area contributed by atoms with Crippen LogP contribution in [0.1, 0.15) is 58.9 Å². The molecule has 0 fully saturated rings. The van der Waals surface area contributed by atoms with Crippen LogP contribution in [0.3, 0.4) is 0 Å². The molecule has 2 aliphatic heterocycles. The van der Waals surface area contributed by atoms with Crippen molar-refractivity contribution < 1.29 is 24.8 Å². The number of hydrogen-bond donors (Lipinski definition) is 5. The third-order valence-corrected chi connectivity index (χ3v) is 7.09. The minimum atomic E-state index is -0.371. The molecule has 0 aliphatic carbocycles. The molecule has 1 aromatic rings. The van der Waals surface area contributed by atoms with Crippen molar-refractivity contribution in [2.24, 2.45) is 10.9 Å². The summed E-state index contributed by atoms with van der Waals surface area (Å²) in [5, 5.41) is 36.3. The average molecular weight is 542 g/mol. The summed E-state index contributed by atoms with van der Waals surface area (Å²) in [4.78, 5) is 4.64. The summed E-state index contributed by atoms with van der Waals surface area (Å²) < 4.78 is 12.2. The van der Waals surface area contributed by atoms with Crippen molar-refractivity contribution in [2.45, 2.75) is 78.0 Å². The van der Waals surface area contributed by atoms with E-state index in [4.69, 9.17) is 9.47 Å². The standard InChI is InChI=1S/C31H47N3O5/c1-5-7-8-30-25(19-35)14-26(39-30)11-9-23-10-12-29(37)31(13-23)38-20-28(33-6-2)27-15-24(18-34-27)21(3)16-32-17-22(4)36/h10,12-15,18,21-22,28,30,32-33,35-37H,5-9,11,16-17,19-20H2,1-4H3. The maximum absolute atomic E-state index is 10.5. The van der Waals surface area contributed by atoms with Gasteiger partial charge in [0.05, 0.1) is 18.1 Å². The highest BCUT2D eigenvalue weighted by molar-refractivity contribution is 5.84. The maximum atomic E-state index is 10.5. The summed E-state index contributed by atoms with van der Waals surface area (Å²) in [5.41, 5.74) is 3.14. The van der Waals surface area contributed by atoms with Crippen molar-refractivity contribution in [1.29, 1.82) is 0 Å². The van der Waals surface area contributed by atoms with Gasteiger partial charge in [0.2, 0.25) is 0 Å². The molecule has 4 atom stereocenters. The Kier molecular flexibility index (Phi) is 12.7. The van der Waals surface area contributed by atoms with Gasteiger partial charge < -0.3 is 30.1 Å². The first kappa shape index (κ1) is 31.0. The van der Waals surface area contributed by atoms with Crippen LogP contribution in [0.5, 0.6) is 11.5 Å². The van der Waals surface area contributed by atoms with Crippen LogP contribution < -0.4 is 15.4 Å². The fourth-order valence-electron chi connectivity index (χ4n) is 4.75. The first-order chi connectivity index (χ1) is 18.8. The third kappa shape index (κ3) is 9.58. The molecular weight excluding hydrogens is 494 g/mol. The molecular formula is C31H47N3O5. The van der Waals surface area contributed by atoms with Crippen LogP contribution in [-0.2, 0) is 11.2 Å². The second-order valence-corrected chi connectivity index (χ2v) is 10.6. The largest absolute Gasteiger partial charge is 0.504 e. The molecule has 0 aromatic heterocycles. The van der Waals surface area contributed by atoms with Crippen LogP contribution in [0, 0.1) is 18.1 Å². The monoisotopic (exact) mass is 541 g/mol. The van der Waals surface area contributed by atoms with E-state index in [0.717, 1.165) is 74.0 Å². The van der Waals surface area contributed by atoms with Gasteiger partial charge in [0.25, 0.3) is 0 Å². The molecule has 8 nitrogen and oxygen atoms in total. The van der Waals surface area contributed by atoms with Gasteiger partial charge in [0.1, 0.15) is 18.2 Å². The number of likely N-dealkylation sites (N-methyl/N-ethyl adjacent to an activating group) is 1. The number of unbranched alkanes of at least 4 members (excludes halogenated alkanes) is 1. The lowest BCUT2D eigenvalue weighted by atomic mass is 10.00. The van der Waals surface area contributed by atoms with Crippen LogP contribution in [0.25, 0.3) is 0 Å². The fraction of sp³-hybridized carbons (Fsp3) is 0.581. The van der Waals surface area contributed by atoms with E-state index >= 15 is 0 Å². The molecule has 0 saturated carbocycles. The van der Waals surface area contributed by atoms with Gasteiger partial charge in [0.15, 0.2) is 23.8 Å². The number of rotatable bonds is 18. The van der Waals surface area contributed by atoms with E-state index in [-0.39, 0.29) is 36.5 Å². The number of aliphatic hydroxyl groups excluding tert-OH is 2. The molecule has 4 unspecified atom stereocenters. The lowest BCUT2D eigenvalue weighted by Gasteiger charge is -2.24. The Morgan fingerprint density at radius 3 is 2.77 bits per heavy atom. The first-order valence-corrected chi connectivity index (χ1v) is 14.4. The molecule has 3 rings (SSSR count). The third-order valence-electron chi connectivity index (χ3n) is 7.09. The highest BCUT2D eigenvalue weighted by Gasteiger charge is 2.32. The molecule has 2 aliphatic rings. The van der Waals surface area contributed by atoms with Gasteiger partial charge >= 0.3 is 0 Å². The number of aliphatic imine (C=N–C) groups is 1. The Morgan fingerprint density at radius 1 is 1.23 bits per heavy atom. The molecule has 0 spiro atoms. The van der Waals surface area contributed by atoms with Crippen LogP contribution >= 0.6 is 0 Å². The van der Waals surface area contributed by atoms with E-state index < -0.39 is 0 Å². The van der Waals surface area contributed by atoms with E-state index in [2.05, 4.69) is 35.5 Å². The number of aromatic hydroxyl groups is 1. The molecule has 5 N–H and O–H groups in total. The molecule has 0 radical (unpaired) electrons. The second kappa shape index (κ2) is 15.9. The quantitative estimate of drug-likeness (QED) is 0.179. The number of benzene rings is 1. The molecule has 8 heteroatoms. The van der Waals surface area contributed by atoms with Crippen LogP contribution in [-0.4, -0.2) is 72.6 Å². The zero-order valence-electron chi connectivity index (χ0n) is 23.9. The summed E-state index contributed by atoms with van der Waals surface area (Å²) >= 11 is 0. The molecule has 2 heterocycles. The Hall–Kier alpha value is -2.49. The zero-order valence-corrected chi connectivity index (χ0v) is 23.9. The van der Waals surface area contributed by atoms with Crippen molar-refractivity contribution in [3.8, 4) is 11.5 Å². The maximum Gasteiger partial charge on any atom is 0.176 e. The molecule has 0 saturated heterocycles. The smallest absolute Gasteiger partial charge is 0.176 e. The van der Waals surface area contributed by atoms with Gasteiger partial charge in [-0.05, 0) is 50.9 Å². The number of aliphatic hydroxyl groups is 2. The van der Waals surface area contributed by atoms with Crippen molar-refractivity contribution in [1.82, 2.24) is 10.6 Å². The van der Waals surface area contributed by atoms with Gasteiger partial charge in [-0.2, -0.15) is 11.6 Å². The minimum absolute atomic E-state index is 0.0135. The fourth-order valence-corrected chi connectivity index (χ4v) is 4.75. The van der Waals surface area contributed by atoms with E-state index in [0.29, 0.717) is 18.9 Å². The lowest BCUT2D eigenvalue weighted by molar-refractivity contribution is 0.103. The van der Waals surface area contributed by atoms with Gasteiger partial charge in [-0.15, -0.1) is 4.99 Å². The Labute approximate surface area is 234 Å². The summed E-state index contributed by atoms with van der Waals surface area (Å²) in [6.45, 7) is 10.6. The molecule has 0 amide bonds. The molecule has 1 aromatic carbocycles. The van der Waals surface area contributed by atoms with E-state index in [1.165, 1.54) is 0 Å². The van der Waals surface area contributed by atoms with Gasteiger partial charge in [-0.25, -0.2) is 0 Å². The minimum Gasteiger partial charge on any atom is -0.504 e. The van der Waals surface area contributed by atoms with Crippen LogP contribution in [0.4, 0.5) is 0 Å². The Balaban J connectivity index is 1.55. The zero-order chi connectivity index (χ0) is 28.2. The predicted molar refractivity (Wildman–Crippen MR) is 156 cm³/mol.